The summed E-state index contributed by atoms with van der Waals surface area (Å²) in [4.78, 5) is 55.3. The monoisotopic (exact) mass is 563 g/mol. The number of rotatable bonds is 7. The minimum absolute atomic E-state index is 0.171. The highest BCUT2D eigenvalue weighted by molar-refractivity contribution is 5.96. The molecule has 4 rings (SSSR count). The fourth-order valence-corrected chi connectivity index (χ4v) is 4.54. The van der Waals surface area contributed by atoms with Gasteiger partial charge in [0.2, 0.25) is 0 Å². The van der Waals surface area contributed by atoms with E-state index in [0.29, 0.717) is 27.8 Å². The number of aryl methyl sites for hydroxylation is 1. The zero-order chi connectivity index (χ0) is 30.1. The summed E-state index contributed by atoms with van der Waals surface area (Å²) in [5.74, 6) is -1.26. The third-order valence-electron chi connectivity index (χ3n) is 6.53. The summed E-state index contributed by atoms with van der Waals surface area (Å²) in [5, 5.41) is 3.72. The number of benzene rings is 2. The Bertz CT molecular complexity index is 1560. The highest BCUT2D eigenvalue weighted by atomic mass is 16.6. The summed E-state index contributed by atoms with van der Waals surface area (Å²) >= 11 is 0. The van der Waals surface area contributed by atoms with Crippen molar-refractivity contribution in [1.29, 1.82) is 0 Å². The van der Waals surface area contributed by atoms with Crippen molar-refractivity contribution in [1.82, 2.24) is 9.55 Å². The Balaban J connectivity index is 1.79. The quantitative estimate of drug-likeness (QED) is 0.305. The van der Waals surface area contributed by atoms with Crippen LogP contribution in [0.1, 0.15) is 82.2 Å². The van der Waals surface area contributed by atoms with Crippen LogP contribution >= 0.6 is 0 Å². The van der Waals surface area contributed by atoms with E-state index in [-0.39, 0.29) is 19.2 Å². The highest BCUT2D eigenvalue weighted by Gasteiger charge is 2.26. The minimum atomic E-state index is -0.775. The highest BCUT2D eigenvalue weighted by Crippen LogP contribution is 2.36. The summed E-state index contributed by atoms with van der Waals surface area (Å²) in [6, 6.07) is 8.75. The van der Waals surface area contributed by atoms with E-state index < -0.39 is 34.5 Å². The first kappa shape index (κ1) is 29.8. The first-order valence-electron chi connectivity index (χ1n) is 13.6. The maximum atomic E-state index is 14.0. The lowest BCUT2D eigenvalue weighted by atomic mass is 9.98. The van der Waals surface area contributed by atoms with E-state index in [1.165, 1.54) is 11.5 Å². The number of carbonyl (C=O) groups excluding carboxylic acids is 3. The van der Waals surface area contributed by atoms with Crippen LogP contribution in [0.4, 0.5) is 11.4 Å². The van der Waals surface area contributed by atoms with Crippen LogP contribution in [0.3, 0.4) is 0 Å². The molecule has 0 saturated heterocycles. The molecule has 1 aromatic heterocycles. The second kappa shape index (κ2) is 11.3. The second-order valence-electron chi connectivity index (χ2n) is 12.2. The topological polar surface area (TPSA) is 126 Å². The molecule has 3 aromatic rings. The van der Waals surface area contributed by atoms with Gasteiger partial charge in [-0.1, -0.05) is 0 Å². The molecule has 0 radical (unpaired) electrons. The molecule has 1 aliphatic rings. The van der Waals surface area contributed by atoms with Crippen molar-refractivity contribution >= 4 is 40.2 Å². The zero-order valence-corrected chi connectivity index (χ0v) is 24.7. The van der Waals surface area contributed by atoms with Crippen LogP contribution in [-0.2, 0) is 50.0 Å². The lowest BCUT2D eigenvalue weighted by Gasteiger charge is -2.21. The minimum Gasteiger partial charge on any atom is -0.458 e. The molecule has 1 heterocycles. The van der Waals surface area contributed by atoms with Crippen molar-refractivity contribution in [3.05, 3.63) is 63.2 Å². The van der Waals surface area contributed by atoms with Gasteiger partial charge in [0, 0.05) is 12.6 Å². The van der Waals surface area contributed by atoms with Gasteiger partial charge in [0.25, 0.3) is 5.56 Å². The van der Waals surface area contributed by atoms with Crippen molar-refractivity contribution in [2.75, 3.05) is 5.32 Å². The number of aromatic nitrogens is 2. The van der Waals surface area contributed by atoms with Gasteiger partial charge in [-0.15, -0.1) is 0 Å². The fraction of sp³-hybridized carbons (Fsp3) is 0.452. The summed E-state index contributed by atoms with van der Waals surface area (Å²) in [7, 11) is 0. The summed E-state index contributed by atoms with van der Waals surface area (Å²) < 4.78 is 17.3. The number of nitrogens with one attached hydrogen (secondary N) is 1. The molecule has 2 aromatic carbocycles. The Kier molecular flexibility index (Phi) is 8.24. The number of nitrogens with zero attached hydrogens (tertiary/aromatic N) is 2. The van der Waals surface area contributed by atoms with Crippen molar-refractivity contribution < 1.29 is 28.6 Å². The van der Waals surface area contributed by atoms with Gasteiger partial charge in [-0.25, -0.2) is 9.78 Å². The van der Waals surface area contributed by atoms with E-state index in [1.807, 2.05) is 26.8 Å². The normalized spacial score (nSPS) is 13.0. The molecular weight excluding hydrogens is 526 g/mol. The van der Waals surface area contributed by atoms with Gasteiger partial charge in [-0.2, -0.15) is 0 Å². The maximum absolute atomic E-state index is 14.0. The molecule has 1 N–H and O–H groups in total. The van der Waals surface area contributed by atoms with Gasteiger partial charge < -0.3 is 19.5 Å². The molecule has 0 aliphatic heterocycles. The first-order chi connectivity index (χ1) is 19.1. The lowest BCUT2D eigenvalue weighted by molar-refractivity contribution is -0.157. The molecule has 0 unspecified atom stereocenters. The molecule has 0 amide bonds. The standard InChI is InChI=1S/C31H37N3O7/c1-18(35)39-16-24-33-23-15-20-9-8-10-22(20)26(25(23)27(36)34(24)17-40-29(38)30(2,3)4)32-21-13-11-19(12-14-21)28(37)41-31(5,6)7/h11-15,32H,8-10,16-17H2,1-7H3. The molecule has 0 saturated carbocycles. The van der Waals surface area contributed by atoms with Gasteiger partial charge in [-0.3, -0.25) is 19.0 Å². The molecular formula is C31H37N3O7. The average molecular weight is 564 g/mol. The van der Waals surface area contributed by atoms with Gasteiger partial charge in [-0.05, 0) is 102 Å². The fourth-order valence-electron chi connectivity index (χ4n) is 4.54. The van der Waals surface area contributed by atoms with Gasteiger partial charge in [0.05, 0.1) is 27.6 Å². The molecule has 0 bridgehead atoms. The number of ether oxygens (including phenoxy) is 3. The Hall–Kier alpha value is -4.21. The van der Waals surface area contributed by atoms with Crippen LogP contribution < -0.4 is 10.9 Å². The van der Waals surface area contributed by atoms with E-state index in [9.17, 15) is 19.2 Å². The maximum Gasteiger partial charge on any atom is 0.338 e. The summed E-state index contributed by atoms with van der Waals surface area (Å²) in [5.41, 5.74) is 2.42. The number of carbonyl (C=O) groups is 3. The number of hydrogen-bond acceptors (Lipinski definition) is 9. The van der Waals surface area contributed by atoms with Crippen molar-refractivity contribution in [2.24, 2.45) is 5.41 Å². The molecule has 10 heteroatoms. The van der Waals surface area contributed by atoms with Crippen LogP contribution in [0.2, 0.25) is 0 Å². The van der Waals surface area contributed by atoms with E-state index >= 15 is 0 Å². The Morgan fingerprint density at radius 2 is 1.68 bits per heavy atom. The van der Waals surface area contributed by atoms with E-state index in [0.717, 1.165) is 30.4 Å². The van der Waals surface area contributed by atoms with Crippen LogP contribution in [-0.4, -0.2) is 33.1 Å². The first-order valence-corrected chi connectivity index (χ1v) is 13.6. The van der Waals surface area contributed by atoms with Crippen LogP contribution in [0.25, 0.3) is 10.9 Å². The smallest absolute Gasteiger partial charge is 0.338 e. The Labute approximate surface area is 239 Å². The average Bonchev–Trinajstić information content (AvgIpc) is 3.34. The van der Waals surface area contributed by atoms with Crippen LogP contribution in [0.5, 0.6) is 0 Å². The Morgan fingerprint density at radius 3 is 2.29 bits per heavy atom. The number of anilines is 2. The molecule has 0 spiro atoms. The molecule has 0 fully saturated rings. The van der Waals surface area contributed by atoms with Gasteiger partial charge in [0.15, 0.2) is 12.6 Å². The SMILES string of the molecule is CC(=O)OCc1nc2cc3c(c(Nc4ccc(C(=O)OC(C)(C)C)cc4)c2c(=O)n1COC(=O)C(C)(C)C)CCC3. The van der Waals surface area contributed by atoms with E-state index in [1.54, 1.807) is 45.0 Å². The molecule has 0 atom stereocenters. The lowest BCUT2D eigenvalue weighted by Crippen LogP contribution is -2.31. The molecule has 1 aliphatic carbocycles. The summed E-state index contributed by atoms with van der Waals surface area (Å²) in [6.07, 6.45) is 2.54. The number of hydrogen-bond donors (Lipinski definition) is 1. The van der Waals surface area contributed by atoms with Crippen molar-refractivity contribution in [3.8, 4) is 0 Å². The number of fused-ring (bicyclic) bond motifs is 2. The van der Waals surface area contributed by atoms with E-state index in [2.05, 4.69) is 5.32 Å². The predicted octanol–water partition coefficient (Wildman–Crippen LogP) is 5.19. The van der Waals surface area contributed by atoms with Crippen LogP contribution in [0, 0.1) is 5.41 Å². The third kappa shape index (κ3) is 6.93. The largest absolute Gasteiger partial charge is 0.458 e. The molecule has 218 valence electrons. The van der Waals surface area contributed by atoms with E-state index in [4.69, 9.17) is 19.2 Å². The second-order valence-corrected chi connectivity index (χ2v) is 12.2. The predicted molar refractivity (Wildman–Crippen MR) is 154 cm³/mol. The Morgan fingerprint density at radius 1 is 1.00 bits per heavy atom. The van der Waals surface area contributed by atoms with Gasteiger partial charge in [0.1, 0.15) is 12.2 Å². The molecule has 41 heavy (non-hydrogen) atoms. The third-order valence-corrected chi connectivity index (χ3v) is 6.53. The number of esters is 3. The van der Waals surface area contributed by atoms with Crippen LogP contribution in [0.15, 0.2) is 35.1 Å². The molecule has 10 nitrogen and oxygen atoms in total. The van der Waals surface area contributed by atoms with Gasteiger partial charge >= 0.3 is 17.9 Å². The summed E-state index contributed by atoms with van der Waals surface area (Å²) in [6.45, 7) is 11.2. The van der Waals surface area contributed by atoms with Crippen molar-refractivity contribution in [2.45, 2.75) is 86.7 Å². The zero-order valence-electron chi connectivity index (χ0n) is 24.7. The van der Waals surface area contributed by atoms with Crippen molar-refractivity contribution in [3.63, 3.8) is 0 Å².